The first kappa shape index (κ1) is 10.3. The Hall–Kier alpha value is -0.900. The van der Waals surface area contributed by atoms with Crippen LogP contribution in [0.2, 0.25) is 0 Å². The summed E-state index contributed by atoms with van der Waals surface area (Å²) in [4.78, 5) is 17.2. The van der Waals surface area contributed by atoms with Gasteiger partial charge in [0.05, 0.1) is 11.6 Å². The molecule has 3 rings (SSSR count). The van der Waals surface area contributed by atoms with Gasteiger partial charge in [0.1, 0.15) is 0 Å². The highest BCUT2D eigenvalue weighted by Gasteiger charge is 2.47. The minimum absolute atomic E-state index is 0.248. The number of carbonyl (C=O) groups is 1. The molecule has 0 radical (unpaired) electrons. The van der Waals surface area contributed by atoms with Crippen LogP contribution in [0.25, 0.3) is 0 Å². The first-order valence-corrected chi connectivity index (χ1v) is 6.73. The molecule has 4 heteroatoms. The van der Waals surface area contributed by atoms with Gasteiger partial charge in [-0.2, -0.15) is 0 Å². The van der Waals surface area contributed by atoms with Crippen LogP contribution in [0, 0.1) is 24.7 Å². The van der Waals surface area contributed by atoms with E-state index in [-0.39, 0.29) is 11.8 Å². The van der Waals surface area contributed by atoms with Crippen molar-refractivity contribution >= 4 is 17.2 Å². The third kappa shape index (κ3) is 1.98. The quantitative estimate of drug-likeness (QED) is 0.873. The predicted octanol–water partition coefficient (Wildman–Crippen LogP) is 2.11. The zero-order valence-corrected chi connectivity index (χ0v) is 10.2. The molecule has 3 nitrogen and oxygen atoms in total. The number of rotatable bonds is 3. The molecule has 86 valence electrons. The minimum Gasteiger partial charge on any atom is -0.351 e. The summed E-state index contributed by atoms with van der Waals surface area (Å²) in [6, 6.07) is 0. The number of aryl methyl sites for hydroxylation is 1. The molecule has 1 aromatic rings. The molecule has 2 unspecified atom stereocenters. The Morgan fingerprint density at radius 2 is 2.25 bits per heavy atom. The maximum atomic E-state index is 11.9. The van der Waals surface area contributed by atoms with Crippen molar-refractivity contribution in [2.24, 2.45) is 17.8 Å². The maximum absolute atomic E-state index is 11.9. The lowest BCUT2D eigenvalue weighted by atomic mass is 10.0. The predicted molar refractivity (Wildman–Crippen MR) is 63.0 cm³/mol. The van der Waals surface area contributed by atoms with Crippen LogP contribution < -0.4 is 5.32 Å². The van der Waals surface area contributed by atoms with E-state index in [9.17, 15) is 4.79 Å². The number of thiazole rings is 1. The standard InChI is InChI=1S/C12H16N2OS/c1-7-13-5-11(16-7)6-14-12(15)10-3-8-2-9(8)4-10/h5,8-10H,2-4,6H2,1H3,(H,14,15). The van der Waals surface area contributed by atoms with Gasteiger partial charge in [0.2, 0.25) is 5.91 Å². The summed E-state index contributed by atoms with van der Waals surface area (Å²) >= 11 is 1.66. The average molecular weight is 236 g/mol. The SMILES string of the molecule is Cc1ncc(CNC(=O)C2CC3CC3C2)s1. The van der Waals surface area contributed by atoms with E-state index in [4.69, 9.17) is 0 Å². The van der Waals surface area contributed by atoms with Gasteiger partial charge in [0.15, 0.2) is 0 Å². The molecule has 2 aliphatic carbocycles. The fourth-order valence-corrected chi connectivity index (χ4v) is 3.47. The van der Waals surface area contributed by atoms with Crippen LogP contribution in [-0.2, 0) is 11.3 Å². The number of fused-ring (bicyclic) bond motifs is 1. The van der Waals surface area contributed by atoms with Gasteiger partial charge in [-0.3, -0.25) is 4.79 Å². The molecule has 16 heavy (non-hydrogen) atoms. The van der Waals surface area contributed by atoms with Crippen LogP contribution in [0.1, 0.15) is 29.1 Å². The van der Waals surface area contributed by atoms with E-state index in [1.165, 1.54) is 6.42 Å². The molecular formula is C12H16N2OS. The van der Waals surface area contributed by atoms with Crippen molar-refractivity contribution < 1.29 is 4.79 Å². The molecule has 0 aliphatic heterocycles. The van der Waals surface area contributed by atoms with Crippen molar-refractivity contribution in [1.82, 2.24) is 10.3 Å². The van der Waals surface area contributed by atoms with Crippen LogP contribution >= 0.6 is 11.3 Å². The molecule has 1 aromatic heterocycles. The molecule has 0 bridgehead atoms. The van der Waals surface area contributed by atoms with Gasteiger partial charge in [-0.25, -0.2) is 4.98 Å². The highest BCUT2D eigenvalue weighted by molar-refractivity contribution is 7.11. The smallest absolute Gasteiger partial charge is 0.223 e. The average Bonchev–Trinajstić information content (AvgIpc) is 2.71. The maximum Gasteiger partial charge on any atom is 0.223 e. The third-order valence-corrected chi connectivity index (χ3v) is 4.63. The van der Waals surface area contributed by atoms with Gasteiger partial charge in [-0.15, -0.1) is 11.3 Å². The highest BCUT2D eigenvalue weighted by atomic mass is 32.1. The summed E-state index contributed by atoms with van der Waals surface area (Å²) in [5.74, 6) is 2.29. The number of amides is 1. The molecule has 2 fully saturated rings. The Labute approximate surface area is 99.3 Å². The molecule has 2 aliphatic rings. The summed E-state index contributed by atoms with van der Waals surface area (Å²) in [5, 5.41) is 4.09. The topological polar surface area (TPSA) is 42.0 Å². The molecular weight excluding hydrogens is 220 g/mol. The summed E-state index contributed by atoms with van der Waals surface area (Å²) < 4.78 is 0. The second-order valence-corrected chi connectivity index (χ2v) is 6.31. The Morgan fingerprint density at radius 1 is 1.50 bits per heavy atom. The molecule has 0 aromatic carbocycles. The molecule has 1 amide bonds. The van der Waals surface area contributed by atoms with Crippen molar-refractivity contribution in [3.8, 4) is 0 Å². The van der Waals surface area contributed by atoms with Crippen molar-refractivity contribution in [2.45, 2.75) is 32.7 Å². The second-order valence-electron chi connectivity index (χ2n) is 4.99. The zero-order chi connectivity index (χ0) is 11.1. The van der Waals surface area contributed by atoms with E-state index >= 15 is 0 Å². The van der Waals surface area contributed by atoms with Crippen LogP contribution in [0.4, 0.5) is 0 Å². The first-order chi connectivity index (χ1) is 7.72. The third-order valence-electron chi connectivity index (χ3n) is 3.72. The van der Waals surface area contributed by atoms with Crippen molar-refractivity contribution in [3.63, 3.8) is 0 Å². The van der Waals surface area contributed by atoms with E-state index in [1.807, 2.05) is 13.1 Å². The molecule has 2 atom stereocenters. The van der Waals surface area contributed by atoms with E-state index in [1.54, 1.807) is 11.3 Å². The molecule has 0 saturated heterocycles. The molecule has 1 heterocycles. The largest absolute Gasteiger partial charge is 0.351 e. The molecule has 0 spiro atoms. The number of aromatic nitrogens is 1. The molecule has 2 saturated carbocycles. The Bertz CT molecular complexity index is 405. The van der Waals surface area contributed by atoms with Crippen molar-refractivity contribution in [2.75, 3.05) is 0 Å². The van der Waals surface area contributed by atoms with Crippen molar-refractivity contribution in [1.29, 1.82) is 0 Å². The first-order valence-electron chi connectivity index (χ1n) is 5.91. The summed E-state index contributed by atoms with van der Waals surface area (Å²) in [5.41, 5.74) is 0. The van der Waals surface area contributed by atoms with E-state index in [0.717, 1.165) is 34.6 Å². The normalized spacial score (nSPS) is 31.2. The summed E-state index contributed by atoms with van der Waals surface area (Å²) in [7, 11) is 0. The number of hydrogen-bond donors (Lipinski definition) is 1. The van der Waals surface area contributed by atoms with Gasteiger partial charge in [-0.05, 0) is 38.0 Å². The van der Waals surface area contributed by atoms with Crippen LogP contribution in [0.5, 0.6) is 0 Å². The van der Waals surface area contributed by atoms with Gasteiger partial charge >= 0.3 is 0 Å². The number of carbonyl (C=O) groups excluding carboxylic acids is 1. The van der Waals surface area contributed by atoms with Gasteiger partial charge in [0.25, 0.3) is 0 Å². The van der Waals surface area contributed by atoms with E-state index in [2.05, 4.69) is 10.3 Å². The van der Waals surface area contributed by atoms with Crippen LogP contribution in [0.15, 0.2) is 6.20 Å². The highest BCUT2D eigenvalue weighted by Crippen LogP contribution is 2.54. The summed E-state index contributed by atoms with van der Waals surface area (Å²) in [6.07, 6.45) is 5.47. The van der Waals surface area contributed by atoms with Crippen molar-refractivity contribution in [3.05, 3.63) is 16.1 Å². The van der Waals surface area contributed by atoms with Crippen LogP contribution in [-0.4, -0.2) is 10.9 Å². The Kier molecular flexibility index (Phi) is 2.46. The lowest BCUT2D eigenvalue weighted by Crippen LogP contribution is -2.29. The lowest BCUT2D eigenvalue weighted by molar-refractivity contribution is -0.125. The number of nitrogens with one attached hydrogen (secondary N) is 1. The van der Waals surface area contributed by atoms with Gasteiger partial charge in [0, 0.05) is 17.0 Å². The Morgan fingerprint density at radius 3 is 2.88 bits per heavy atom. The second kappa shape index (κ2) is 3.84. The lowest BCUT2D eigenvalue weighted by Gasteiger charge is -2.11. The fourth-order valence-electron chi connectivity index (χ4n) is 2.73. The van der Waals surface area contributed by atoms with Crippen LogP contribution in [0.3, 0.4) is 0 Å². The fraction of sp³-hybridized carbons (Fsp3) is 0.667. The Balaban J connectivity index is 1.49. The van der Waals surface area contributed by atoms with Gasteiger partial charge in [-0.1, -0.05) is 0 Å². The number of hydrogen-bond acceptors (Lipinski definition) is 3. The van der Waals surface area contributed by atoms with E-state index < -0.39 is 0 Å². The van der Waals surface area contributed by atoms with E-state index in [0.29, 0.717) is 6.54 Å². The minimum atomic E-state index is 0.248. The number of nitrogens with zero attached hydrogens (tertiary/aromatic N) is 1. The molecule has 1 N–H and O–H groups in total. The monoisotopic (exact) mass is 236 g/mol. The summed E-state index contributed by atoms with van der Waals surface area (Å²) in [6.45, 7) is 2.64. The zero-order valence-electron chi connectivity index (χ0n) is 9.40. The van der Waals surface area contributed by atoms with Gasteiger partial charge < -0.3 is 5.32 Å².